The molecule has 0 bridgehead atoms. The fourth-order valence-corrected chi connectivity index (χ4v) is 2.56. The molecule has 0 radical (unpaired) electrons. The molecular formula is C14H16Cl2FN3. The molecule has 1 unspecified atom stereocenters. The number of nitrogens with zero attached hydrogens (tertiary/aromatic N) is 2. The smallest absolute Gasteiger partial charge is 0.142 e. The molecule has 0 aliphatic carbocycles. The maximum atomic E-state index is 13.5. The van der Waals surface area contributed by atoms with E-state index in [0.717, 1.165) is 18.5 Å². The molecule has 1 atom stereocenters. The Bertz CT molecular complexity index is 598. The summed E-state index contributed by atoms with van der Waals surface area (Å²) >= 11 is 11.8. The van der Waals surface area contributed by atoms with E-state index >= 15 is 0 Å². The summed E-state index contributed by atoms with van der Waals surface area (Å²) in [4.78, 5) is 0. The first-order valence-electron chi connectivity index (χ1n) is 6.32. The molecule has 1 heterocycles. The van der Waals surface area contributed by atoms with Crippen LogP contribution in [0.25, 0.3) is 0 Å². The number of hydrogen-bond donors (Lipinski definition) is 1. The van der Waals surface area contributed by atoms with Crippen LogP contribution in [-0.2, 0) is 13.5 Å². The number of hydrogen-bond acceptors (Lipinski definition) is 2. The van der Waals surface area contributed by atoms with Gasteiger partial charge in [-0.15, -0.1) is 0 Å². The first kappa shape index (κ1) is 15.3. The normalized spacial score (nSPS) is 12.7. The van der Waals surface area contributed by atoms with Crippen LogP contribution in [0.3, 0.4) is 0 Å². The van der Waals surface area contributed by atoms with Crippen LogP contribution in [0, 0.1) is 5.82 Å². The van der Waals surface area contributed by atoms with Crippen LogP contribution in [0.1, 0.15) is 24.1 Å². The van der Waals surface area contributed by atoms with Crippen molar-refractivity contribution in [2.75, 3.05) is 6.54 Å². The summed E-state index contributed by atoms with van der Waals surface area (Å²) in [5.41, 5.74) is 1.86. The second-order valence-electron chi connectivity index (χ2n) is 4.74. The zero-order valence-electron chi connectivity index (χ0n) is 11.3. The van der Waals surface area contributed by atoms with Crippen molar-refractivity contribution >= 4 is 23.2 Å². The third-order valence-electron chi connectivity index (χ3n) is 3.13. The Morgan fingerprint density at radius 2 is 2.10 bits per heavy atom. The molecule has 1 aromatic heterocycles. The topological polar surface area (TPSA) is 29.9 Å². The van der Waals surface area contributed by atoms with Gasteiger partial charge in [-0.25, -0.2) is 4.39 Å². The third-order valence-corrected chi connectivity index (χ3v) is 3.75. The zero-order valence-corrected chi connectivity index (χ0v) is 12.8. The Balaban J connectivity index is 1.95. The van der Waals surface area contributed by atoms with E-state index in [-0.39, 0.29) is 11.1 Å². The van der Waals surface area contributed by atoms with Crippen LogP contribution < -0.4 is 5.32 Å². The van der Waals surface area contributed by atoms with Gasteiger partial charge < -0.3 is 5.32 Å². The van der Waals surface area contributed by atoms with Crippen molar-refractivity contribution in [3.63, 3.8) is 0 Å². The van der Waals surface area contributed by atoms with Crippen LogP contribution in [0.2, 0.25) is 10.0 Å². The Labute approximate surface area is 127 Å². The summed E-state index contributed by atoms with van der Waals surface area (Å²) in [6.07, 6.45) is 4.66. The third kappa shape index (κ3) is 3.72. The van der Waals surface area contributed by atoms with Crippen LogP contribution in [0.15, 0.2) is 24.5 Å². The lowest BCUT2D eigenvalue weighted by atomic mass is 10.1. The molecule has 0 aliphatic heterocycles. The standard InChI is InChI=1S/C14H16Cl2FN3/c1-9(11-5-14(17)13(16)6-12(11)15)18-4-3-10-7-19-20(2)8-10/h5-9,18H,3-4H2,1-2H3. The van der Waals surface area contributed by atoms with Crippen molar-refractivity contribution in [3.05, 3.63) is 51.5 Å². The molecule has 2 aromatic rings. The molecule has 6 heteroatoms. The van der Waals surface area contributed by atoms with Crippen molar-refractivity contribution < 1.29 is 4.39 Å². The highest BCUT2D eigenvalue weighted by Crippen LogP contribution is 2.28. The van der Waals surface area contributed by atoms with Crippen molar-refractivity contribution in [1.82, 2.24) is 15.1 Å². The highest BCUT2D eigenvalue weighted by atomic mass is 35.5. The zero-order chi connectivity index (χ0) is 14.7. The van der Waals surface area contributed by atoms with E-state index in [9.17, 15) is 4.39 Å². The molecule has 0 saturated carbocycles. The van der Waals surface area contributed by atoms with E-state index < -0.39 is 5.82 Å². The van der Waals surface area contributed by atoms with Crippen LogP contribution >= 0.6 is 23.2 Å². The number of nitrogens with one attached hydrogen (secondary N) is 1. The molecular weight excluding hydrogens is 300 g/mol. The lowest BCUT2D eigenvalue weighted by Crippen LogP contribution is -2.21. The van der Waals surface area contributed by atoms with Gasteiger partial charge in [0.1, 0.15) is 5.82 Å². The van der Waals surface area contributed by atoms with Crippen LogP contribution in [0.4, 0.5) is 4.39 Å². The highest BCUT2D eigenvalue weighted by Gasteiger charge is 2.13. The molecule has 20 heavy (non-hydrogen) atoms. The summed E-state index contributed by atoms with van der Waals surface area (Å²) in [6, 6.07) is 2.77. The quantitative estimate of drug-likeness (QED) is 0.851. The molecule has 1 aromatic carbocycles. The second kappa shape index (κ2) is 6.57. The van der Waals surface area contributed by atoms with Crippen LogP contribution in [-0.4, -0.2) is 16.3 Å². The minimum atomic E-state index is -0.452. The molecule has 0 fully saturated rings. The van der Waals surface area contributed by atoms with Gasteiger partial charge >= 0.3 is 0 Å². The van der Waals surface area contributed by atoms with Gasteiger partial charge in [-0.2, -0.15) is 5.10 Å². The SMILES string of the molecule is CC(NCCc1cnn(C)c1)c1cc(F)c(Cl)cc1Cl. The first-order valence-corrected chi connectivity index (χ1v) is 7.08. The Morgan fingerprint density at radius 1 is 1.35 bits per heavy atom. The lowest BCUT2D eigenvalue weighted by molar-refractivity contribution is 0.567. The molecule has 0 saturated heterocycles. The summed E-state index contributed by atoms with van der Waals surface area (Å²) in [5, 5.41) is 7.94. The summed E-state index contributed by atoms with van der Waals surface area (Å²) in [7, 11) is 1.88. The molecule has 2 rings (SSSR count). The van der Waals surface area contributed by atoms with Gasteiger partial charge in [-0.3, -0.25) is 4.68 Å². The van der Waals surface area contributed by atoms with Gasteiger partial charge in [0.25, 0.3) is 0 Å². The van der Waals surface area contributed by atoms with Gasteiger partial charge in [0.15, 0.2) is 0 Å². The maximum Gasteiger partial charge on any atom is 0.142 e. The molecule has 108 valence electrons. The average molecular weight is 316 g/mol. The average Bonchev–Trinajstić information content (AvgIpc) is 2.79. The van der Waals surface area contributed by atoms with Crippen molar-refractivity contribution in [2.45, 2.75) is 19.4 Å². The predicted octanol–water partition coefficient (Wildman–Crippen LogP) is 3.76. The fourth-order valence-electron chi connectivity index (χ4n) is 2.01. The minimum absolute atomic E-state index is 0.0429. The second-order valence-corrected chi connectivity index (χ2v) is 5.55. The Kier molecular flexibility index (Phi) is 5.02. The highest BCUT2D eigenvalue weighted by molar-refractivity contribution is 6.35. The van der Waals surface area contributed by atoms with Crippen molar-refractivity contribution in [2.24, 2.45) is 7.05 Å². The number of halogens is 3. The molecule has 0 spiro atoms. The molecule has 1 N–H and O–H groups in total. The van der Waals surface area contributed by atoms with E-state index in [1.807, 2.05) is 26.4 Å². The van der Waals surface area contributed by atoms with E-state index in [1.165, 1.54) is 12.1 Å². The monoisotopic (exact) mass is 315 g/mol. The molecule has 3 nitrogen and oxygen atoms in total. The van der Waals surface area contributed by atoms with Crippen molar-refractivity contribution in [1.29, 1.82) is 0 Å². The van der Waals surface area contributed by atoms with Gasteiger partial charge in [-0.1, -0.05) is 23.2 Å². The maximum absolute atomic E-state index is 13.5. The van der Waals surface area contributed by atoms with Crippen molar-refractivity contribution in [3.8, 4) is 0 Å². The number of aromatic nitrogens is 2. The summed E-state index contributed by atoms with van der Waals surface area (Å²) in [5.74, 6) is -0.452. The lowest BCUT2D eigenvalue weighted by Gasteiger charge is -2.16. The first-order chi connectivity index (χ1) is 9.47. The minimum Gasteiger partial charge on any atom is -0.310 e. The van der Waals surface area contributed by atoms with Crippen LogP contribution in [0.5, 0.6) is 0 Å². The molecule has 0 aliphatic rings. The number of rotatable bonds is 5. The fraction of sp³-hybridized carbons (Fsp3) is 0.357. The summed E-state index contributed by atoms with van der Waals surface area (Å²) < 4.78 is 15.2. The van der Waals surface area contributed by atoms with Gasteiger partial charge in [0, 0.05) is 24.3 Å². The largest absolute Gasteiger partial charge is 0.310 e. The van der Waals surface area contributed by atoms with Gasteiger partial charge in [0.2, 0.25) is 0 Å². The predicted molar refractivity (Wildman–Crippen MR) is 79.7 cm³/mol. The molecule has 0 amide bonds. The van der Waals surface area contributed by atoms with Gasteiger partial charge in [0.05, 0.1) is 11.2 Å². The van der Waals surface area contributed by atoms with E-state index in [2.05, 4.69) is 10.4 Å². The van der Waals surface area contributed by atoms with E-state index in [4.69, 9.17) is 23.2 Å². The van der Waals surface area contributed by atoms with Gasteiger partial charge in [-0.05, 0) is 43.1 Å². The Hall–Kier alpha value is -1.10. The van der Waals surface area contributed by atoms with E-state index in [1.54, 1.807) is 4.68 Å². The number of aryl methyl sites for hydroxylation is 1. The van der Waals surface area contributed by atoms with E-state index in [0.29, 0.717) is 10.6 Å². The summed E-state index contributed by atoms with van der Waals surface area (Å²) in [6.45, 7) is 2.70. The number of benzene rings is 1. The Morgan fingerprint density at radius 3 is 2.75 bits per heavy atom.